The van der Waals surface area contributed by atoms with Gasteiger partial charge in [0.05, 0.1) is 0 Å². The Morgan fingerprint density at radius 3 is 1.61 bits per heavy atom. The van der Waals surface area contributed by atoms with Crippen molar-refractivity contribution in [2.24, 2.45) is 0 Å². The van der Waals surface area contributed by atoms with Gasteiger partial charge in [0, 0.05) is 38.2 Å². The predicted molar refractivity (Wildman–Crippen MR) is 262 cm³/mol. The van der Waals surface area contributed by atoms with Crippen molar-refractivity contribution in [3.63, 3.8) is 0 Å². The number of anilines is 6. The van der Waals surface area contributed by atoms with Gasteiger partial charge in [-0.2, -0.15) is 0 Å². The molecule has 61 heavy (non-hydrogen) atoms. The van der Waals surface area contributed by atoms with Gasteiger partial charge in [0.1, 0.15) is 0 Å². The molecule has 0 unspecified atom stereocenters. The normalized spacial score (nSPS) is 18.9. The maximum atomic E-state index is 9.06. The number of benzene rings is 7. The minimum Gasteiger partial charge on any atom is -0.311 e. The summed E-state index contributed by atoms with van der Waals surface area (Å²) in [5.41, 5.74) is 21.4. The van der Waals surface area contributed by atoms with Crippen molar-refractivity contribution < 1.29 is 4.11 Å². The fraction of sp³-hybridized carbons (Fsp3) is 0.276. The van der Waals surface area contributed by atoms with Crippen LogP contribution in [0.15, 0.2) is 140 Å². The highest BCUT2D eigenvalue weighted by Gasteiger charge is 2.49. The number of aryl methyl sites for hydroxylation is 2. The van der Waals surface area contributed by atoms with Crippen LogP contribution in [0.2, 0.25) is 0 Å². The smallest absolute Gasteiger partial charge is 0.252 e. The molecule has 2 heterocycles. The summed E-state index contributed by atoms with van der Waals surface area (Å²) < 4.78 is 27.2. The van der Waals surface area contributed by atoms with E-state index in [4.69, 9.17) is 4.11 Å². The largest absolute Gasteiger partial charge is 0.311 e. The highest BCUT2D eigenvalue weighted by molar-refractivity contribution is 7.00. The zero-order chi connectivity index (χ0) is 44.9. The van der Waals surface area contributed by atoms with E-state index in [-0.39, 0.29) is 28.4 Å². The van der Waals surface area contributed by atoms with Gasteiger partial charge in [0.15, 0.2) is 0 Å². The number of rotatable bonds is 4. The van der Waals surface area contributed by atoms with Crippen LogP contribution in [-0.2, 0) is 21.7 Å². The molecule has 2 aliphatic carbocycles. The van der Waals surface area contributed by atoms with E-state index in [1.165, 1.54) is 33.2 Å². The van der Waals surface area contributed by atoms with Crippen LogP contribution >= 0.6 is 0 Å². The quantitative estimate of drug-likeness (QED) is 0.164. The van der Waals surface area contributed by atoms with Gasteiger partial charge in [0.25, 0.3) is 6.71 Å². The van der Waals surface area contributed by atoms with Crippen LogP contribution in [0.1, 0.15) is 106 Å². The summed E-state index contributed by atoms with van der Waals surface area (Å²) in [5.74, 6) is 0. The lowest BCUT2D eigenvalue weighted by Crippen LogP contribution is -2.61. The van der Waals surface area contributed by atoms with Crippen molar-refractivity contribution in [1.29, 1.82) is 0 Å². The van der Waals surface area contributed by atoms with Gasteiger partial charge in [0.2, 0.25) is 0 Å². The second-order valence-electron chi connectivity index (χ2n) is 21.1. The zero-order valence-corrected chi connectivity index (χ0v) is 37.2. The molecular formula is C58H57BN2. The monoisotopic (exact) mass is 795 g/mol. The van der Waals surface area contributed by atoms with E-state index >= 15 is 0 Å². The summed E-state index contributed by atoms with van der Waals surface area (Å²) in [6, 6.07) is 51.0. The lowest BCUT2D eigenvalue weighted by molar-refractivity contribution is 0.403. The minimum atomic E-state index is -2.36. The molecule has 0 spiro atoms. The van der Waals surface area contributed by atoms with E-state index < -0.39 is 6.85 Å². The lowest BCUT2D eigenvalue weighted by atomic mass is 9.33. The maximum Gasteiger partial charge on any atom is 0.252 e. The fourth-order valence-corrected chi connectivity index (χ4v) is 12.6. The lowest BCUT2D eigenvalue weighted by Gasteiger charge is -2.45. The Bertz CT molecular complexity index is 3070. The van der Waals surface area contributed by atoms with Crippen LogP contribution in [0.5, 0.6) is 0 Å². The Morgan fingerprint density at radius 2 is 0.984 bits per heavy atom. The second-order valence-corrected chi connectivity index (χ2v) is 21.1. The van der Waals surface area contributed by atoms with Gasteiger partial charge in [-0.15, -0.1) is 0 Å². The minimum absolute atomic E-state index is 0.0183. The first-order chi connectivity index (χ1) is 30.2. The van der Waals surface area contributed by atoms with E-state index in [0.29, 0.717) is 5.56 Å². The molecular weight excluding hydrogens is 735 g/mol. The SMILES string of the molecule is [2H]C([2H])([2H])c1cc2c3c(c1)N(c1ccc(-c4ccccc4)cc1C)c1cc(-c4ccccc4)ccc1B3c1cc3c(cc1N2c1ccc2c(c1)C(C)(C)CC2(C)C)C(C)(C)CC3(C)C. The summed E-state index contributed by atoms with van der Waals surface area (Å²) in [4.78, 5) is 4.82. The zero-order valence-electron chi connectivity index (χ0n) is 40.2. The first-order valence-corrected chi connectivity index (χ1v) is 22.2. The number of nitrogens with zero attached hydrogens (tertiary/aromatic N) is 2. The van der Waals surface area contributed by atoms with Crippen LogP contribution in [0.3, 0.4) is 0 Å². The van der Waals surface area contributed by atoms with Crippen molar-refractivity contribution in [1.82, 2.24) is 0 Å². The number of hydrogen-bond acceptors (Lipinski definition) is 2. The van der Waals surface area contributed by atoms with Crippen LogP contribution in [0.4, 0.5) is 34.1 Å². The molecule has 11 rings (SSSR count). The predicted octanol–water partition coefficient (Wildman–Crippen LogP) is 13.6. The Balaban J connectivity index is 1.25. The number of hydrogen-bond donors (Lipinski definition) is 0. The molecule has 0 fully saturated rings. The first-order valence-electron chi connectivity index (χ1n) is 23.7. The summed E-state index contributed by atoms with van der Waals surface area (Å²) in [6.07, 6.45) is 2.12. The van der Waals surface area contributed by atoms with E-state index in [2.05, 4.69) is 200 Å². The molecule has 2 nitrogen and oxygen atoms in total. The van der Waals surface area contributed by atoms with E-state index in [9.17, 15) is 0 Å². The third kappa shape index (κ3) is 5.68. The molecule has 3 heteroatoms. The van der Waals surface area contributed by atoms with Crippen molar-refractivity contribution in [2.75, 3.05) is 9.80 Å². The van der Waals surface area contributed by atoms with Crippen molar-refractivity contribution in [3.8, 4) is 22.3 Å². The molecule has 0 atom stereocenters. The molecule has 0 bridgehead atoms. The summed E-state index contributed by atoms with van der Waals surface area (Å²) in [7, 11) is 0. The maximum absolute atomic E-state index is 9.06. The third-order valence-corrected chi connectivity index (χ3v) is 14.8. The Labute approximate surface area is 368 Å². The van der Waals surface area contributed by atoms with E-state index in [0.717, 1.165) is 80.2 Å². The van der Waals surface area contributed by atoms with E-state index in [1.54, 1.807) is 0 Å². The second kappa shape index (κ2) is 12.9. The van der Waals surface area contributed by atoms with Crippen LogP contribution in [-0.4, -0.2) is 6.71 Å². The van der Waals surface area contributed by atoms with Gasteiger partial charge in [-0.3, -0.25) is 0 Å². The first kappa shape index (κ1) is 34.9. The van der Waals surface area contributed by atoms with Crippen molar-refractivity contribution in [3.05, 3.63) is 173 Å². The van der Waals surface area contributed by atoms with Gasteiger partial charge in [-0.1, -0.05) is 146 Å². The topological polar surface area (TPSA) is 6.48 Å². The third-order valence-electron chi connectivity index (χ3n) is 14.8. The Morgan fingerprint density at radius 1 is 0.443 bits per heavy atom. The Kier molecular flexibility index (Phi) is 7.35. The highest BCUT2D eigenvalue weighted by Crippen LogP contribution is 2.55. The molecule has 0 saturated heterocycles. The molecule has 2 aliphatic heterocycles. The number of fused-ring (bicyclic) bond motifs is 6. The van der Waals surface area contributed by atoms with Gasteiger partial charge in [-0.05, 0) is 169 Å². The van der Waals surface area contributed by atoms with Crippen molar-refractivity contribution in [2.45, 2.75) is 104 Å². The average molecular weight is 796 g/mol. The van der Waals surface area contributed by atoms with Crippen molar-refractivity contribution >= 4 is 57.2 Å². The average Bonchev–Trinajstić information content (AvgIpc) is 3.56. The molecule has 0 N–H and O–H groups in total. The highest BCUT2D eigenvalue weighted by atomic mass is 15.2. The van der Waals surface area contributed by atoms with Gasteiger partial charge >= 0.3 is 0 Å². The van der Waals surface area contributed by atoms with Gasteiger partial charge in [-0.25, -0.2) is 0 Å². The summed E-state index contributed by atoms with van der Waals surface area (Å²) >= 11 is 0. The van der Waals surface area contributed by atoms with Crippen LogP contribution in [0, 0.1) is 13.8 Å². The molecule has 302 valence electrons. The molecule has 0 amide bonds. The molecule has 7 aromatic rings. The Hall–Kier alpha value is -5.80. The fourth-order valence-electron chi connectivity index (χ4n) is 12.6. The van der Waals surface area contributed by atoms with Crippen LogP contribution in [0.25, 0.3) is 22.3 Å². The summed E-state index contributed by atoms with van der Waals surface area (Å²) in [5, 5.41) is 0. The summed E-state index contributed by atoms with van der Waals surface area (Å²) in [6.45, 7) is 18.8. The molecule has 0 radical (unpaired) electrons. The van der Waals surface area contributed by atoms with Crippen LogP contribution < -0.4 is 26.2 Å². The molecule has 7 aromatic carbocycles. The standard InChI is InChI=1S/C58H57BN2/c1-36-27-52-54-53(28-36)61(49-26-22-40(29-37(49)2)38-17-13-11-14-18-38)50-30-41(39-19-15-12-16-20-39)21-25-47(50)59(54)48-32-45-46(58(9,10)35-57(45,7)8)33-51(48)60(52)42-23-24-43-44(31-42)56(5,6)34-55(43,3)4/h11-33H,34-35H2,1-10H3/i1D3. The molecule has 0 aromatic heterocycles. The molecule has 0 saturated carbocycles. The van der Waals surface area contributed by atoms with E-state index in [1.807, 2.05) is 12.1 Å². The van der Waals surface area contributed by atoms with Gasteiger partial charge < -0.3 is 9.80 Å². The molecule has 4 aliphatic rings.